The first-order valence-electron chi connectivity index (χ1n) is 3.23. The van der Waals surface area contributed by atoms with Crippen molar-refractivity contribution in [1.82, 2.24) is 5.32 Å². The van der Waals surface area contributed by atoms with Gasteiger partial charge >= 0.3 is 5.97 Å². The third-order valence-electron chi connectivity index (χ3n) is 1.59. The molecule has 0 aromatic carbocycles. The Morgan fingerprint density at radius 2 is 2.50 bits per heavy atom. The van der Waals surface area contributed by atoms with Gasteiger partial charge in [0.25, 0.3) is 0 Å². The Bertz CT molecular complexity index is 140. The second-order valence-corrected chi connectivity index (χ2v) is 3.10. The summed E-state index contributed by atoms with van der Waals surface area (Å²) in [6.07, 6.45) is 0.774. The number of rotatable bonds is 1. The van der Waals surface area contributed by atoms with Crippen LogP contribution in [-0.4, -0.2) is 30.9 Å². The van der Waals surface area contributed by atoms with Crippen LogP contribution in [0.3, 0.4) is 0 Å². The molecule has 1 aliphatic rings. The van der Waals surface area contributed by atoms with Gasteiger partial charge in [-0.15, -0.1) is 0 Å². The number of nitrogens with one attached hydrogen (secondary N) is 1. The van der Waals surface area contributed by atoms with Crippen molar-refractivity contribution in [2.24, 2.45) is 0 Å². The van der Waals surface area contributed by atoms with Crippen LogP contribution in [-0.2, 0) is 9.53 Å². The van der Waals surface area contributed by atoms with Crippen LogP contribution in [0.5, 0.6) is 0 Å². The second kappa shape index (κ2) is 3.25. The van der Waals surface area contributed by atoms with E-state index in [-0.39, 0.29) is 12.0 Å². The average molecular weight is 161 g/mol. The normalized spacial score (nSPS) is 32.2. The maximum absolute atomic E-state index is 10.8. The van der Waals surface area contributed by atoms with Crippen LogP contribution in [0.4, 0.5) is 0 Å². The van der Waals surface area contributed by atoms with E-state index in [4.69, 9.17) is 0 Å². The van der Waals surface area contributed by atoms with Crippen LogP contribution >= 0.6 is 12.6 Å². The largest absolute Gasteiger partial charge is 0.468 e. The standard InChI is InChI=1S/C6H11NO2S/c1-9-6(8)5-2-4(10)3-7-5/h4-5,7,10H,2-3H2,1H3. The smallest absolute Gasteiger partial charge is 0.322 e. The summed E-state index contributed by atoms with van der Waals surface area (Å²) in [7, 11) is 1.40. The van der Waals surface area contributed by atoms with Crippen LogP contribution in [0.15, 0.2) is 0 Å². The van der Waals surface area contributed by atoms with Gasteiger partial charge in [0, 0.05) is 11.8 Å². The zero-order valence-electron chi connectivity index (χ0n) is 5.83. The Labute approximate surface area is 65.5 Å². The molecule has 0 amide bonds. The van der Waals surface area contributed by atoms with Crippen LogP contribution in [0.2, 0.25) is 0 Å². The molecule has 0 aromatic rings. The molecule has 0 radical (unpaired) electrons. The van der Waals surface area contributed by atoms with Crippen LogP contribution in [0, 0.1) is 0 Å². The molecule has 2 atom stereocenters. The maximum atomic E-state index is 10.8. The van der Waals surface area contributed by atoms with Crippen molar-refractivity contribution in [3.05, 3.63) is 0 Å². The average Bonchev–Trinajstić information content (AvgIpc) is 2.34. The van der Waals surface area contributed by atoms with Gasteiger partial charge in [-0.2, -0.15) is 12.6 Å². The van der Waals surface area contributed by atoms with E-state index in [1.165, 1.54) is 7.11 Å². The summed E-state index contributed by atoms with van der Waals surface area (Å²) >= 11 is 4.21. The number of carbonyl (C=O) groups is 1. The molecule has 0 saturated carbocycles. The molecule has 0 bridgehead atoms. The third kappa shape index (κ3) is 1.64. The molecule has 2 unspecified atom stereocenters. The van der Waals surface area contributed by atoms with Crippen LogP contribution in [0.25, 0.3) is 0 Å². The fourth-order valence-electron chi connectivity index (χ4n) is 1.04. The Balaban J connectivity index is 2.37. The van der Waals surface area contributed by atoms with Crippen molar-refractivity contribution in [3.8, 4) is 0 Å². The first-order valence-corrected chi connectivity index (χ1v) is 3.75. The first-order chi connectivity index (χ1) is 4.74. The number of carbonyl (C=O) groups excluding carboxylic acids is 1. The molecule has 1 rings (SSSR count). The van der Waals surface area contributed by atoms with Crippen molar-refractivity contribution >= 4 is 18.6 Å². The highest BCUT2D eigenvalue weighted by atomic mass is 32.1. The van der Waals surface area contributed by atoms with E-state index in [9.17, 15) is 4.79 Å². The molecule has 0 aromatic heterocycles. The minimum Gasteiger partial charge on any atom is -0.468 e. The molecule has 10 heavy (non-hydrogen) atoms. The zero-order valence-corrected chi connectivity index (χ0v) is 6.73. The number of hydrogen-bond donors (Lipinski definition) is 2. The topological polar surface area (TPSA) is 38.3 Å². The van der Waals surface area contributed by atoms with E-state index in [0.29, 0.717) is 5.25 Å². The molecule has 0 spiro atoms. The van der Waals surface area contributed by atoms with Crippen LogP contribution in [0.1, 0.15) is 6.42 Å². The highest BCUT2D eigenvalue weighted by molar-refractivity contribution is 7.81. The lowest BCUT2D eigenvalue weighted by Crippen LogP contribution is -2.31. The highest BCUT2D eigenvalue weighted by Gasteiger charge is 2.27. The Morgan fingerprint density at radius 1 is 1.80 bits per heavy atom. The van der Waals surface area contributed by atoms with Gasteiger partial charge in [-0.25, -0.2) is 0 Å². The molecular weight excluding hydrogens is 150 g/mol. The summed E-state index contributed by atoms with van der Waals surface area (Å²) in [4.78, 5) is 10.8. The molecule has 1 N–H and O–H groups in total. The van der Waals surface area contributed by atoms with Gasteiger partial charge in [-0.05, 0) is 6.42 Å². The van der Waals surface area contributed by atoms with E-state index in [0.717, 1.165) is 13.0 Å². The van der Waals surface area contributed by atoms with Gasteiger partial charge in [0.15, 0.2) is 0 Å². The number of ether oxygens (including phenoxy) is 1. The minimum absolute atomic E-state index is 0.132. The summed E-state index contributed by atoms with van der Waals surface area (Å²) in [5, 5.41) is 3.30. The predicted octanol–water partition coefficient (Wildman–Crippen LogP) is -0.180. The minimum atomic E-state index is -0.184. The molecular formula is C6H11NO2S. The number of methoxy groups -OCH3 is 1. The maximum Gasteiger partial charge on any atom is 0.322 e. The fraction of sp³-hybridized carbons (Fsp3) is 0.833. The lowest BCUT2D eigenvalue weighted by atomic mass is 10.2. The second-order valence-electron chi connectivity index (χ2n) is 2.37. The van der Waals surface area contributed by atoms with Crippen molar-refractivity contribution in [3.63, 3.8) is 0 Å². The van der Waals surface area contributed by atoms with E-state index in [1.54, 1.807) is 0 Å². The Kier molecular flexibility index (Phi) is 2.56. The fourth-order valence-corrected chi connectivity index (χ4v) is 1.36. The van der Waals surface area contributed by atoms with E-state index in [2.05, 4.69) is 22.7 Å². The number of hydrogen-bond acceptors (Lipinski definition) is 4. The lowest BCUT2D eigenvalue weighted by molar-refractivity contribution is -0.142. The molecule has 1 fully saturated rings. The molecule has 3 nitrogen and oxygen atoms in total. The summed E-state index contributed by atoms with van der Waals surface area (Å²) < 4.78 is 4.55. The van der Waals surface area contributed by atoms with Gasteiger partial charge in [-0.3, -0.25) is 4.79 Å². The van der Waals surface area contributed by atoms with Crippen molar-refractivity contribution in [1.29, 1.82) is 0 Å². The van der Waals surface area contributed by atoms with Crippen molar-refractivity contribution < 1.29 is 9.53 Å². The highest BCUT2D eigenvalue weighted by Crippen LogP contribution is 2.12. The summed E-state index contributed by atoms with van der Waals surface area (Å²) in [5.74, 6) is -0.184. The SMILES string of the molecule is COC(=O)C1CC(S)CN1. The van der Waals surface area contributed by atoms with Gasteiger partial charge in [0.2, 0.25) is 0 Å². The van der Waals surface area contributed by atoms with E-state index < -0.39 is 0 Å². The zero-order chi connectivity index (χ0) is 7.56. The molecule has 1 heterocycles. The van der Waals surface area contributed by atoms with Crippen molar-refractivity contribution in [2.75, 3.05) is 13.7 Å². The van der Waals surface area contributed by atoms with Gasteiger partial charge in [-0.1, -0.05) is 0 Å². The van der Waals surface area contributed by atoms with Gasteiger partial charge < -0.3 is 10.1 Å². The molecule has 4 heteroatoms. The molecule has 1 aliphatic heterocycles. The molecule has 58 valence electrons. The number of thiol groups is 1. The summed E-state index contributed by atoms with van der Waals surface area (Å²) in [6.45, 7) is 0.795. The quantitative estimate of drug-likeness (QED) is 0.414. The Morgan fingerprint density at radius 3 is 2.90 bits per heavy atom. The summed E-state index contributed by atoms with van der Waals surface area (Å²) in [6, 6.07) is -0.132. The Hall–Kier alpha value is -0.220. The van der Waals surface area contributed by atoms with Gasteiger partial charge in [0.1, 0.15) is 6.04 Å². The summed E-state index contributed by atoms with van der Waals surface area (Å²) in [5.41, 5.74) is 0. The molecule has 1 saturated heterocycles. The lowest BCUT2D eigenvalue weighted by Gasteiger charge is -2.05. The van der Waals surface area contributed by atoms with E-state index in [1.807, 2.05) is 0 Å². The van der Waals surface area contributed by atoms with E-state index >= 15 is 0 Å². The first kappa shape index (κ1) is 7.88. The van der Waals surface area contributed by atoms with Gasteiger partial charge in [0.05, 0.1) is 7.11 Å². The van der Waals surface area contributed by atoms with Crippen LogP contribution < -0.4 is 5.32 Å². The monoisotopic (exact) mass is 161 g/mol. The predicted molar refractivity (Wildman–Crippen MR) is 41.2 cm³/mol. The van der Waals surface area contributed by atoms with Crippen molar-refractivity contribution in [2.45, 2.75) is 17.7 Å². The molecule has 0 aliphatic carbocycles. The number of esters is 1. The third-order valence-corrected chi connectivity index (χ3v) is 1.99.